The topological polar surface area (TPSA) is 20.3 Å². The van der Waals surface area contributed by atoms with Gasteiger partial charge in [-0.05, 0) is 34.8 Å². The number of piperidine rings is 1. The number of carbonyl (C=O) groups is 1. The molecule has 0 bridgehead atoms. The highest BCUT2D eigenvalue weighted by Gasteiger charge is 2.26. The molecule has 15 heavy (non-hydrogen) atoms. The van der Waals surface area contributed by atoms with Gasteiger partial charge in [-0.3, -0.25) is 4.79 Å². The summed E-state index contributed by atoms with van der Waals surface area (Å²) in [6.45, 7) is 1.63. The molecule has 1 fully saturated rings. The maximum absolute atomic E-state index is 11.8. The van der Waals surface area contributed by atoms with Crippen LogP contribution in [0.5, 0.6) is 0 Å². The van der Waals surface area contributed by atoms with E-state index in [2.05, 4.69) is 43.3 Å². The molecule has 0 radical (unpaired) electrons. The van der Waals surface area contributed by atoms with Crippen LogP contribution in [-0.4, -0.2) is 22.2 Å². The van der Waals surface area contributed by atoms with Gasteiger partial charge in [0.2, 0.25) is 5.91 Å². The van der Waals surface area contributed by atoms with Gasteiger partial charge in [-0.1, -0.05) is 15.9 Å². The average molecular weight is 353 g/mol. The van der Waals surface area contributed by atoms with Gasteiger partial charge in [-0.15, -0.1) is 11.3 Å². The molecule has 0 spiro atoms. The van der Waals surface area contributed by atoms with E-state index in [4.69, 9.17) is 0 Å². The van der Waals surface area contributed by atoms with Gasteiger partial charge in [-0.2, -0.15) is 0 Å². The lowest BCUT2D eigenvalue weighted by Gasteiger charge is -2.29. The van der Waals surface area contributed by atoms with Crippen molar-refractivity contribution in [2.75, 3.05) is 6.54 Å². The van der Waals surface area contributed by atoms with Crippen molar-refractivity contribution in [3.63, 3.8) is 0 Å². The molecule has 1 atom stereocenters. The highest BCUT2D eigenvalue weighted by Crippen LogP contribution is 2.24. The lowest BCUT2D eigenvalue weighted by Crippen LogP contribution is -2.40. The number of carbonyl (C=O) groups excluding carboxylic acids is 1. The van der Waals surface area contributed by atoms with Gasteiger partial charge in [0.1, 0.15) is 0 Å². The molecule has 1 unspecified atom stereocenters. The summed E-state index contributed by atoms with van der Waals surface area (Å²) in [5, 5.41) is 2.05. The van der Waals surface area contributed by atoms with Crippen molar-refractivity contribution >= 4 is 49.1 Å². The number of rotatable bonds is 2. The van der Waals surface area contributed by atoms with Crippen molar-refractivity contribution in [3.05, 3.63) is 20.8 Å². The SMILES string of the molecule is O=C1C(Br)CCCN1Cc1cc(Br)cs1. The van der Waals surface area contributed by atoms with Crippen molar-refractivity contribution in [1.82, 2.24) is 4.90 Å². The number of hydrogen-bond acceptors (Lipinski definition) is 2. The number of nitrogens with zero attached hydrogens (tertiary/aromatic N) is 1. The Balaban J connectivity index is 2.02. The van der Waals surface area contributed by atoms with E-state index in [9.17, 15) is 4.79 Å². The van der Waals surface area contributed by atoms with E-state index >= 15 is 0 Å². The molecule has 0 aliphatic carbocycles. The molecule has 1 saturated heterocycles. The Morgan fingerprint density at radius 1 is 1.60 bits per heavy atom. The molecule has 82 valence electrons. The van der Waals surface area contributed by atoms with Gasteiger partial charge in [0.05, 0.1) is 11.4 Å². The Hall–Kier alpha value is 0.130. The molecule has 1 aromatic rings. The van der Waals surface area contributed by atoms with E-state index in [-0.39, 0.29) is 10.7 Å². The molecule has 2 nitrogen and oxygen atoms in total. The summed E-state index contributed by atoms with van der Waals surface area (Å²) < 4.78 is 1.10. The smallest absolute Gasteiger partial charge is 0.236 e. The lowest BCUT2D eigenvalue weighted by atomic mass is 10.1. The van der Waals surface area contributed by atoms with E-state index in [1.54, 1.807) is 11.3 Å². The van der Waals surface area contributed by atoms with Gasteiger partial charge in [0.15, 0.2) is 0 Å². The molecule has 1 aliphatic heterocycles. The molecule has 2 rings (SSSR count). The van der Waals surface area contributed by atoms with E-state index in [1.807, 2.05) is 4.90 Å². The molecule has 1 amide bonds. The van der Waals surface area contributed by atoms with Crippen molar-refractivity contribution in [3.8, 4) is 0 Å². The number of alkyl halides is 1. The number of amides is 1. The van der Waals surface area contributed by atoms with Crippen LogP contribution < -0.4 is 0 Å². The second-order valence-electron chi connectivity index (χ2n) is 3.60. The average Bonchev–Trinajstić information content (AvgIpc) is 2.59. The van der Waals surface area contributed by atoms with Crippen LogP contribution in [0.15, 0.2) is 15.9 Å². The molecule has 2 heterocycles. The molecular formula is C10H11Br2NOS. The second-order valence-corrected chi connectivity index (χ2v) is 6.62. The van der Waals surface area contributed by atoms with Crippen molar-refractivity contribution in [2.45, 2.75) is 24.2 Å². The first-order valence-electron chi connectivity index (χ1n) is 4.82. The fourth-order valence-corrected chi connectivity index (χ4v) is 3.75. The van der Waals surface area contributed by atoms with E-state index in [1.165, 1.54) is 4.88 Å². The Labute approximate surface area is 110 Å². The number of thiophene rings is 1. The highest BCUT2D eigenvalue weighted by atomic mass is 79.9. The van der Waals surface area contributed by atoms with Gasteiger partial charge in [-0.25, -0.2) is 0 Å². The Morgan fingerprint density at radius 2 is 2.40 bits per heavy atom. The summed E-state index contributed by atoms with van der Waals surface area (Å²) in [5.41, 5.74) is 0. The maximum atomic E-state index is 11.8. The lowest BCUT2D eigenvalue weighted by molar-refractivity contribution is -0.132. The first kappa shape index (κ1) is 11.6. The quantitative estimate of drug-likeness (QED) is 0.747. The molecule has 1 aliphatic rings. The van der Waals surface area contributed by atoms with Crippen LogP contribution in [0.1, 0.15) is 17.7 Å². The predicted molar refractivity (Wildman–Crippen MR) is 69.4 cm³/mol. The van der Waals surface area contributed by atoms with Gasteiger partial charge in [0, 0.05) is 21.3 Å². The predicted octanol–water partition coefficient (Wildman–Crippen LogP) is 3.40. The third-order valence-electron chi connectivity index (χ3n) is 2.43. The molecule has 0 N–H and O–H groups in total. The minimum absolute atomic E-state index is 0.0228. The zero-order valence-corrected chi connectivity index (χ0v) is 12.1. The fraction of sp³-hybridized carbons (Fsp3) is 0.500. The van der Waals surface area contributed by atoms with Crippen LogP contribution in [0.4, 0.5) is 0 Å². The Kier molecular flexibility index (Phi) is 3.85. The largest absolute Gasteiger partial charge is 0.337 e. The van der Waals surface area contributed by atoms with Gasteiger partial charge < -0.3 is 4.90 Å². The van der Waals surface area contributed by atoms with Crippen LogP contribution in [-0.2, 0) is 11.3 Å². The standard InChI is InChI=1S/C10H11Br2NOS/c11-7-4-8(15-6-7)5-13-3-1-2-9(12)10(13)14/h4,6,9H,1-3,5H2. The van der Waals surface area contributed by atoms with E-state index in [0.29, 0.717) is 0 Å². The highest BCUT2D eigenvalue weighted by molar-refractivity contribution is 9.10. The maximum Gasteiger partial charge on any atom is 0.236 e. The van der Waals surface area contributed by atoms with Crippen LogP contribution >= 0.6 is 43.2 Å². The minimum Gasteiger partial charge on any atom is -0.337 e. The first-order chi connectivity index (χ1) is 7.16. The van der Waals surface area contributed by atoms with Crippen molar-refractivity contribution in [2.24, 2.45) is 0 Å². The van der Waals surface area contributed by atoms with Crippen molar-refractivity contribution in [1.29, 1.82) is 0 Å². The van der Waals surface area contributed by atoms with Gasteiger partial charge in [0.25, 0.3) is 0 Å². The molecule has 1 aromatic heterocycles. The van der Waals surface area contributed by atoms with Crippen LogP contribution in [0, 0.1) is 0 Å². The van der Waals surface area contributed by atoms with Crippen LogP contribution in [0.25, 0.3) is 0 Å². The number of likely N-dealkylation sites (tertiary alicyclic amines) is 1. The molecular weight excluding hydrogens is 342 g/mol. The molecule has 5 heteroatoms. The summed E-state index contributed by atoms with van der Waals surface area (Å²) >= 11 is 8.53. The number of halogens is 2. The zero-order valence-electron chi connectivity index (χ0n) is 8.08. The third-order valence-corrected chi connectivity index (χ3v) is 4.97. The Morgan fingerprint density at radius 3 is 3.07 bits per heavy atom. The van der Waals surface area contributed by atoms with Crippen LogP contribution in [0.2, 0.25) is 0 Å². The summed E-state index contributed by atoms with van der Waals surface area (Å²) in [6.07, 6.45) is 2.05. The first-order valence-corrected chi connectivity index (χ1v) is 7.41. The summed E-state index contributed by atoms with van der Waals surface area (Å²) in [4.78, 5) is 15.0. The zero-order chi connectivity index (χ0) is 10.8. The monoisotopic (exact) mass is 351 g/mol. The Bertz CT molecular complexity index is 366. The third kappa shape index (κ3) is 2.82. The molecule has 0 aromatic carbocycles. The normalized spacial score (nSPS) is 22.1. The fourth-order valence-electron chi connectivity index (χ4n) is 1.67. The van der Waals surface area contributed by atoms with Crippen molar-refractivity contribution < 1.29 is 4.79 Å². The number of hydrogen-bond donors (Lipinski definition) is 0. The van der Waals surface area contributed by atoms with Gasteiger partial charge >= 0.3 is 0 Å². The molecule has 0 saturated carbocycles. The minimum atomic E-state index is 0.0228. The van der Waals surface area contributed by atoms with E-state index in [0.717, 1.165) is 30.4 Å². The second kappa shape index (κ2) is 4.97. The van der Waals surface area contributed by atoms with E-state index < -0.39 is 0 Å². The summed E-state index contributed by atoms with van der Waals surface area (Å²) in [7, 11) is 0. The van der Waals surface area contributed by atoms with Crippen LogP contribution in [0.3, 0.4) is 0 Å². The summed E-state index contributed by atoms with van der Waals surface area (Å²) in [5.74, 6) is 0.228. The summed E-state index contributed by atoms with van der Waals surface area (Å²) in [6, 6.07) is 2.08.